The number of nitrogens with one attached hydrogen (secondary N) is 1. The Morgan fingerprint density at radius 1 is 0.941 bits per heavy atom. The van der Waals surface area contributed by atoms with E-state index in [0.717, 1.165) is 57.8 Å². The normalized spacial score (nSPS) is 11.3. The summed E-state index contributed by atoms with van der Waals surface area (Å²) in [6, 6.07) is 16.6. The number of halogens is 3. The van der Waals surface area contributed by atoms with Gasteiger partial charge in [0.15, 0.2) is 0 Å². The van der Waals surface area contributed by atoms with E-state index in [0.29, 0.717) is 18.0 Å². The fraction of sp³-hybridized carbons (Fsp3) is 0.208. The van der Waals surface area contributed by atoms with Crippen molar-refractivity contribution < 1.29 is 22.0 Å². The number of hydrogen-bond donors (Lipinski definition) is 1. The summed E-state index contributed by atoms with van der Waals surface area (Å²) in [6.45, 7) is -0.139. The van der Waals surface area contributed by atoms with Crippen LogP contribution in [0.5, 0.6) is 0 Å². The van der Waals surface area contributed by atoms with Crippen molar-refractivity contribution in [2.24, 2.45) is 0 Å². The number of sulfonamides is 1. The zero-order valence-electron chi connectivity index (χ0n) is 18.1. The minimum absolute atomic E-state index is 0.121. The van der Waals surface area contributed by atoms with Crippen molar-refractivity contribution in [3.8, 4) is 0 Å². The van der Waals surface area contributed by atoms with Crippen LogP contribution in [0, 0.1) is 11.6 Å². The van der Waals surface area contributed by atoms with E-state index in [1.54, 1.807) is 11.8 Å². The van der Waals surface area contributed by atoms with E-state index >= 15 is 0 Å². The van der Waals surface area contributed by atoms with Crippen LogP contribution in [0.4, 0.5) is 14.5 Å². The Kier molecular flexibility index (Phi) is 9.32. The Bertz CT molecular complexity index is 1210. The minimum atomic E-state index is -4.19. The molecule has 180 valence electrons. The van der Waals surface area contributed by atoms with Crippen molar-refractivity contribution in [1.82, 2.24) is 5.32 Å². The molecule has 1 amide bonds. The van der Waals surface area contributed by atoms with Crippen molar-refractivity contribution in [1.29, 1.82) is 0 Å². The Hall–Kier alpha value is -2.62. The van der Waals surface area contributed by atoms with E-state index in [1.165, 1.54) is 12.1 Å². The van der Waals surface area contributed by atoms with Gasteiger partial charge in [0.25, 0.3) is 10.0 Å². The zero-order valence-corrected chi connectivity index (χ0v) is 20.5. The summed E-state index contributed by atoms with van der Waals surface area (Å²) in [7, 11) is -4.19. The first-order valence-corrected chi connectivity index (χ1v) is 13.4. The van der Waals surface area contributed by atoms with Crippen molar-refractivity contribution in [2.45, 2.75) is 17.1 Å². The third-order valence-corrected chi connectivity index (χ3v) is 8.06. The van der Waals surface area contributed by atoms with E-state index in [4.69, 9.17) is 11.6 Å². The van der Waals surface area contributed by atoms with Gasteiger partial charge < -0.3 is 5.32 Å². The third kappa shape index (κ3) is 7.19. The molecule has 0 radical (unpaired) electrons. The lowest BCUT2D eigenvalue weighted by Gasteiger charge is -2.24. The van der Waals surface area contributed by atoms with Crippen LogP contribution in [0.1, 0.15) is 12.0 Å². The molecule has 3 rings (SSSR count). The van der Waals surface area contributed by atoms with Gasteiger partial charge >= 0.3 is 0 Å². The number of carbonyl (C=O) groups is 1. The molecule has 0 saturated carbocycles. The van der Waals surface area contributed by atoms with Crippen LogP contribution >= 0.6 is 23.4 Å². The van der Waals surface area contributed by atoms with Crippen LogP contribution in [-0.4, -0.2) is 33.2 Å². The summed E-state index contributed by atoms with van der Waals surface area (Å²) in [5.41, 5.74) is 1.16. The van der Waals surface area contributed by atoms with Gasteiger partial charge in [0, 0.05) is 17.3 Å². The maximum atomic E-state index is 13.4. The average Bonchev–Trinajstić information content (AvgIpc) is 2.82. The van der Waals surface area contributed by atoms with Gasteiger partial charge in [0.2, 0.25) is 5.91 Å². The van der Waals surface area contributed by atoms with Crippen LogP contribution < -0.4 is 9.62 Å². The summed E-state index contributed by atoms with van der Waals surface area (Å²) in [6.07, 6.45) is 0.683. The lowest BCUT2D eigenvalue weighted by atomic mass is 10.2. The molecule has 0 aromatic heterocycles. The average molecular weight is 525 g/mol. The van der Waals surface area contributed by atoms with Gasteiger partial charge in [-0.3, -0.25) is 9.10 Å². The van der Waals surface area contributed by atoms with Crippen molar-refractivity contribution in [3.05, 3.63) is 95.0 Å². The van der Waals surface area contributed by atoms with Gasteiger partial charge in [-0.25, -0.2) is 17.2 Å². The van der Waals surface area contributed by atoms with Crippen molar-refractivity contribution in [2.75, 3.05) is 23.1 Å². The smallest absolute Gasteiger partial charge is 0.264 e. The number of thioether (sulfide) groups is 1. The van der Waals surface area contributed by atoms with Gasteiger partial charge in [0.1, 0.15) is 18.2 Å². The first-order valence-electron chi connectivity index (χ1n) is 10.4. The molecule has 5 nitrogen and oxygen atoms in total. The number of amides is 1. The van der Waals surface area contributed by atoms with E-state index < -0.39 is 34.1 Å². The quantitative estimate of drug-likeness (QED) is 0.348. The largest absolute Gasteiger partial charge is 0.354 e. The van der Waals surface area contributed by atoms with Crippen molar-refractivity contribution in [3.63, 3.8) is 0 Å². The third-order valence-electron chi connectivity index (χ3n) is 4.81. The number of hydrogen-bond acceptors (Lipinski definition) is 4. The Labute approximate surface area is 207 Å². The fourth-order valence-corrected chi connectivity index (χ4v) is 5.71. The van der Waals surface area contributed by atoms with Crippen molar-refractivity contribution >= 4 is 45.0 Å². The Morgan fingerprint density at radius 2 is 1.56 bits per heavy atom. The highest BCUT2D eigenvalue weighted by Crippen LogP contribution is 2.24. The van der Waals surface area contributed by atoms with Gasteiger partial charge in [-0.05, 0) is 72.3 Å². The molecule has 0 aliphatic rings. The molecular formula is C24H23ClF2N2O3S2. The summed E-state index contributed by atoms with van der Waals surface area (Å²) >= 11 is 7.82. The Balaban J connectivity index is 1.59. The predicted octanol–water partition coefficient (Wildman–Crippen LogP) is 5.25. The fourth-order valence-electron chi connectivity index (χ4n) is 3.04. The molecule has 0 spiro atoms. The lowest BCUT2D eigenvalue weighted by Crippen LogP contribution is -2.41. The number of anilines is 1. The second-order valence-electron chi connectivity index (χ2n) is 7.29. The first-order chi connectivity index (χ1) is 16.3. The monoisotopic (exact) mass is 524 g/mol. The van der Waals surface area contributed by atoms with Gasteiger partial charge in [0.05, 0.1) is 10.6 Å². The van der Waals surface area contributed by atoms with Gasteiger partial charge in [-0.15, -0.1) is 0 Å². The molecule has 0 heterocycles. The number of rotatable bonds is 11. The molecule has 0 atom stereocenters. The van der Waals surface area contributed by atoms with Gasteiger partial charge in [-0.1, -0.05) is 29.8 Å². The Morgan fingerprint density at radius 3 is 2.21 bits per heavy atom. The van der Waals surface area contributed by atoms with Crippen LogP contribution in [-0.2, 0) is 20.6 Å². The molecule has 34 heavy (non-hydrogen) atoms. The van der Waals surface area contributed by atoms with E-state index in [9.17, 15) is 22.0 Å². The molecule has 3 aromatic rings. The maximum Gasteiger partial charge on any atom is 0.264 e. The van der Waals surface area contributed by atoms with Crippen LogP contribution in [0.25, 0.3) is 0 Å². The molecule has 0 unspecified atom stereocenters. The zero-order chi connectivity index (χ0) is 24.6. The highest BCUT2D eigenvalue weighted by molar-refractivity contribution is 7.98. The summed E-state index contributed by atoms with van der Waals surface area (Å²) in [5.74, 6) is -0.103. The molecule has 3 aromatic carbocycles. The molecule has 0 bridgehead atoms. The molecule has 1 N–H and O–H groups in total. The number of benzene rings is 3. The molecular weight excluding hydrogens is 502 g/mol. The molecule has 0 fully saturated rings. The van der Waals surface area contributed by atoms with E-state index in [2.05, 4.69) is 5.32 Å². The SMILES string of the molecule is O=C(CN(c1ccc(F)cc1)S(=O)(=O)c1ccc(F)cc1)NCCCSCc1ccccc1Cl. The second kappa shape index (κ2) is 12.2. The lowest BCUT2D eigenvalue weighted by molar-refractivity contribution is -0.119. The first kappa shape index (κ1) is 26.0. The minimum Gasteiger partial charge on any atom is -0.354 e. The van der Waals surface area contributed by atoms with Crippen LogP contribution in [0.15, 0.2) is 77.7 Å². The standard InChI is InChI=1S/C24H23ClF2N2O3S2/c25-23-5-2-1-4-18(23)17-33-15-3-14-28-24(30)16-29(21-10-6-19(26)7-11-21)34(31,32)22-12-8-20(27)9-13-22/h1-2,4-13H,3,14-17H2,(H,28,30). The molecule has 0 aliphatic heterocycles. The highest BCUT2D eigenvalue weighted by Gasteiger charge is 2.27. The molecule has 0 saturated heterocycles. The topological polar surface area (TPSA) is 66.5 Å². The van der Waals surface area contributed by atoms with E-state index in [1.807, 2.05) is 24.3 Å². The van der Waals surface area contributed by atoms with Crippen LogP contribution in [0.2, 0.25) is 5.02 Å². The highest BCUT2D eigenvalue weighted by atomic mass is 35.5. The maximum absolute atomic E-state index is 13.4. The number of carbonyl (C=O) groups excluding carboxylic acids is 1. The van der Waals surface area contributed by atoms with E-state index in [-0.39, 0.29) is 10.6 Å². The summed E-state index contributed by atoms with van der Waals surface area (Å²) in [5, 5.41) is 3.43. The predicted molar refractivity (Wildman–Crippen MR) is 133 cm³/mol. The number of nitrogens with zero attached hydrogens (tertiary/aromatic N) is 1. The molecule has 10 heteroatoms. The van der Waals surface area contributed by atoms with Gasteiger partial charge in [-0.2, -0.15) is 11.8 Å². The van der Waals surface area contributed by atoms with Crippen LogP contribution in [0.3, 0.4) is 0 Å². The summed E-state index contributed by atoms with van der Waals surface area (Å²) in [4.78, 5) is 12.4. The molecule has 0 aliphatic carbocycles. The summed E-state index contributed by atoms with van der Waals surface area (Å²) < 4.78 is 53.8. The second-order valence-corrected chi connectivity index (χ2v) is 10.7.